The molecule has 0 aromatic heterocycles. The van der Waals surface area contributed by atoms with E-state index < -0.39 is 91.0 Å². The van der Waals surface area contributed by atoms with E-state index in [2.05, 4.69) is 31.6 Å². The number of aliphatic imine (C=N–C) groups is 1. The van der Waals surface area contributed by atoms with Gasteiger partial charge in [-0.25, -0.2) is 0 Å². The second kappa shape index (κ2) is 16.5. The fraction of sp³-hybridized carbons (Fsp3) is 0.654. The molecule has 2 aliphatic carbocycles. The van der Waals surface area contributed by atoms with Crippen LogP contribution < -0.4 is 43.5 Å². The van der Waals surface area contributed by atoms with E-state index in [1.807, 2.05) is 0 Å². The van der Waals surface area contributed by atoms with Gasteiger partial charge in [0, 0.05) is 6.42 Å². The molecular weight excluding hydrogens is 701 g/mol. The van der Waals surface area contributed by atoms with E-state index >= 15 is 0 Å². The fourth-order valence-corrected chi connectivity index (χ4v) is 12.6. The molecule has 0 bridgehead atoms. The van der Waals surface area contributed by atoms with E-state index in [1.165, 1.54) is 19.3 Å². The molecule has 0 aromatic rings. The second-order valence-electron chi connectivity index (χ2n) is 11.1. The summed E-state index contributed by atoms with van der Waals surface area (Å²) in [4.78, 5) is 104. The molecule has 6 amide bonds. The minimum atomic E-state index is -3.85. The van der Waals surface area contributed by atoms with Crippen molar-refractivity contribution in [3.05, 3.63) is 0 Å². The predicted molar refractivity (Wildman–Crippen MR) is 159 cm³/mol. The summed E-state index contributed by atoms with van der Waals surface area (Å²) in [6, 6.07) is -2.18. The number of hydroxylamine groups is 1. The maximum absolute atomic E-state index is 13.1. The Hall–Kier alpha value is -3.81. The molecule has 0 saturated heterocycles. The molecule has 0 aromatic carbocycles. The number of rotatable bonds is 19. The summed E-state index contributed by atoms with van der Waals surface area (Å²) in [5.41, 5.74) is 11.0. The van der Waals surface area contributed by atoms with E-state index in [9.17, 15) is 38.4 Å². The van der Waals surface area contributed by atoms with Crippen LogP contribution in [0.4, 0.5) is 0 Å². The molecule has 1 unspecified atom stereocenters. The molecule has 249 valence electrons. The van der Waals surface area contributed by atoms with Gasteiger partial charge in [-0.15, -0.1) is 0 Å². The molecule has 2 atom stereocenters. The van der Waals surface area contributed by atoms with Crippen LogP contribution in [-0.2, 0) is 38.4 Å². The van der Waals surface area contributed by atoms with Crippen LogP contribution >= 0.6 is 0 Å². The van der Waals surface area contributed by atoms with Crippen molar-refractivity contribution in [2.24, 2.45) is 16.5 Å². The number of guanidine groups is 1. The Morgan fingerprint density at radius 3 is 2.04 bits per heavy atom. The Labute approximate surface area is 266 Å². The van der Waals surface area contributed by atoms with Crippen LogP contribution in [0.2, 0.25) is 3.43 Å². The zero-order valence-corrected chi connectivity index (χ0v) is 28.4. The van der Waals surface area contributed by atoms with Crippen LogP contribution in [0.3, 0.4) is 0 Å². The van der Waals surface area contributed by atoms with E-state index in [0.29, 0.717) is 19.3 Å². The molecule has 0 heterocycles. The number of nitrogens with two attached hydrogens (primary N) is 2. The summed E-state index contributed by atoms with van der Waals surface area (Å²) >= 11 is -3.85. The van der Waals surface area contributed by atoms with Gasteiger partial charge >= 0.3 is 226 Å². The number of carbonyl (C=O) groups is 8. The molecule has 18 nitrogen and oxygen atoms in total. The topological polar surface area (TPSA) is 293 Å². The van der Waals surface area contributed by atoms with Crippen molar-refractivity contribution in [2.45, 2.75) is 86.8 Å². The van der Waals surface area contributed by atoms with Gasteiger partial charge in [-0.3, -0.25) is 4.79 Å². The Morgan fingerprint density at radius 2 is 1.53 bits per heavy atom. The molecule has 2 aliphatic rings. The second-order valence-corrected chi connectivity index (χ2v) is 19.5. The standard InChI is InChI=1S/C17H28N7O5.C7H11N2O3.C2H3O.Sn/c1-2-12(26)24-17(5-6-17)15(29)23-11(4-3-7-21-16(18)19)14(28)22-10-13(27)20-8-9-25;1-4(6(10)9-12)8-7(11)5-2-3-5;1-2-3;/h11H,2-8,10H2,1H3,(H,20,27)(H,22,28)(H,23,29)(H,24,26)(H4,18,19,21);4,12H,2-3H2,1H3,(H,8,11)(H,9,10);1H3;/t;4-;;/m.0../s1. The number of nitrogens with one attached hydrogen (secondary N) is 6. The number of nitrogens with zero attached hydrogens (tertiary/aromatic N) is 1. The van der Waals surface area contributed by atoms with Crippen molar-refractivity contribution in [3.8, 4) is 0 Å². The van der Waals surface area contributed by atoms with Crippen molar-refractivity contribution in [3.63, 3.8) is 0 Å². The van der Waals surface area contributed by atoms with Crippen molar-refractivity contribution >= 4 is 68.8 Å². The van der Waals surface area contributed by atoms with Gasteiger partial charge in [0.2, 0.25) is 5.91 Å². The Kier molecular flexibility index (Phi) is 13.7. The zero-order chi connectivity index (χ0) is 33.9. The molecule has 2 fully saturated rings. The van der Waals surface area contributed by atoms with Crippen LogP contribution in [0, 0.1) is 0 Å². The number of hydrogen-bond donors (Lipinski definition) is 9. The van der Waals surface area contributed by atoms with Gasteiger partial charge in [-0.2, -0.15) is 0 Å². The first-order chi connectivity index (χ1) is 21.1. The molecule has 0 aliphatic heterocycles. The predicted octanol–water partition coefficient (Wildman–Crippen LogP) is -3.91. The van der Waals surface area contributed by atoms with Crippen LogP contribution in [-0.4, -0.2) is 111 Å². The number of carbonyl (C=O) groups excluding carboxylic acids is 8. The Balaban J connectivity index is 1.97. The van der Waals surface area contributed by atoms with Crippen molar-refractivity contribution < 1.29 is 43.6 Å². The molecule has 2 rings (SSSR count). The maximum atomic E-state index is 13.1. The van der Waals surface area contributed by atoms with E-state index in [0.717, 1.165) is 0 Å². The third-order valence-electron chi connectivity index (χ3n) is 7.47. The van der Waals surface area contributed by atoms with Gasteiger partial charge in [0.25, 0.3) is 0 Å². The average Bonchev–Trinajstić information content (AvgIpc) is 3.92. The van der Waals surface area contributed by atoms with Gasteiger partial charge in [0.15, 0.2) is 5.96 Å². The molecule has 11 N–H and O–H groups in total. The zero-order valence-electron chi connectivity index (χ0n) is 25.5. The van der Waals surface area contributed by atoms with Crippen LogP contribution in [0.5, 0.6) is 0 Å². The first-order valence-electron chi connectivity index (χ1n) is 14.5. The fourth-order valence-electron chi connectivity index (χ4n) is 4.59. The first-order valence-corrected chi connectivity index (χ1v) is 18.8. The number of hydrogen-bond acceptors (Lipinski definition) is 10. The van der Waals surface area contributed by atoms with Crippen LogP contribution in [0.25, 0.3) is 0 Å². The summed E-state index contributed by atoms with van der Waals surface area (Å²) < 4.78 is -2.13. The summed E-state index contributed by atoms with van der Waals surface area (Å²) in [6.07, 6.45) is 2.01. The first kappa shape index (κ1) is 37.4. The molecule has 1 radical (unpaired) electrons. The van der Waals surface area contributed by atoms with Crippen molar-refractivity contribution in [1.82, 2.24) is 32.1 Å². The Bertz CT molecular complexity index is 1230. The third-order valence-corrected chi connectivity index (χ3v) is 16.4. The van der Waals surface area contributed by atoms with Gasteiger partial charge < -0.3 is 11.5 Å². The van der Waals surface area contributed by atoms with Gasteiger partial charge in [-0.1, -0.05) is 6.92 Å². The summed E-state index contributed by atoms with van der Waals surface area (Å²) in [7, 11) is 0. The monoisotopic (exact) mass is 744 g/mol. The van der Waals surface area contributed by atoms with Crippen LogP contribution in [0.15, 0.2) is 4.99 Å². The molecule has 19 heteroatoms. The van der Waals surface area contributed by atoms with Gasteiger partial charge in [0.1, 0.15) is 0 Å². The molecule has 0 spiro atoms. The minimum absolute atomic E-state index is 0.114. The van der Waals surface area contributed by atoms with E-state index in [-0.39, 0.29) is 44.1 Å². The molecular formula is C26H42N9O9Sn. The quantitative estimate of drug-likeness (QED) is 0.0154. The van der Waals surface area contributed by atoms with E-state index in [4.69, 9.17) is 16.7 Å². The van der Waals surface area contributed by atoms with Crippen molar-refractivity contribution in [2.75, 3.05) is 19.6 Å². The van der Waals surface area contributed by atoms with Gasteiger partial charge in [-0.05, 0) is 0 Å². The van der Waals surface area contributed by atoms with Crippen molar-refractivity contribution in [1.29, 1.82) is 0 Å². The third kappa shape index (κ3) is 10.6. The number of amides is 6. The molecule has 45 heavy (non-hydrogen) atoms. The summed E-state index contributed by atoms with van der Waals surface area (Å²) in [5, 5.41) is 21.3. The van der Waals surface area contributed by atoms with E-state index in [1.54, 1.807) is 6.92 Å². The molecule has 2 saturated carbocycles. The summed E-state index contributed by atoms with van der Waals surface area (Å²) in [5.74, 6) is -3.90. The normalized spacial score (nSPS) is 16.6. The Morgan fingerprint density at radius 1 is 0.889 bits per heavy atom. The average molecular weight is 743 g/mol. The SMILES string of the molecule is CCC(=O)NC1(C(=O)NC(CCCN=C(N)N)C(=O)NCC(=O)NC[C](=O)[Sn]([C](C)=O)[C]2(C(=O)N[C@@H](C)C(=O)NO)CC2)CC1. The van der Waals surface area contributed by atoms with Gasteiger partial charge in [0.05, 0.1) is 0 Å². The van der Waals surface area contributed by atoms with Crippen LogP contribution in [0.1, 0.15) is 65.7 Å². The summed E-state index contributed by atoms with van der Waals surface area (Å²) in [6.45, 7) is 3.31.